The molecule has 1 saturated heterocycles. The van der Waals surface area contributed by atoms with Crippen molar-refractivity contribution in [1.82, 2.24) is 5.32 Å². The standard InChI is InChI=1S/C17H24N2O2/c1-13(2)10-11-18-17(21)14-6-8-15(9-7-14)19-12-4-3-5-16(19)20/h6-9,13H,3-5,10-12H2,1-2H3,(H,18,21). The van der Waals surface area contributed by atoms with Gasteiger partial charge in [-0.3, -0.25) is 9.59 Å². The molecule has 1 aliphatic rings. The molecule has 1 aromatic rings. The minimum absolute atomic E-state index is 0.0489. The molecule has 0 aromatic heterocycles. The van der Waals surface area contributed by atoms with Crippen molar-refractivity contribution in [3.05, 3.63) is 29.8 Å². The van der Waals surface area contributed by atoms with Crippen molar-refractivity contribution in [2.24, 2.45) is 5.92 Å². The molecule has 4 heteroatoms. The Morgan fingerprint density at radius 3 is 2.57 bits per heavy atom. The number of piperidine rings is 1. The molecule has 0 aliphatic carbocycles. The van der Waals surface area contributed by atoms with E-state index in [1.807, 2.05) is 17.0 Å². The highest BCUT2D eigenvalue weighted by Gasteiger charge is 2.19. The van der Waals surface area contributed by atoms with Gasteiger partial charge in [-0.05, 0) is 49.4 Å². The molecule has 0 atom stereocenters. The Morgan fingerprint density at radius 2 is 1.95 bits per heavy atom. The lowest BCUT2D eigenvalue weighted by molar-refractivity contribution is -0.119. The molecule has 4 nitrogen and oxygen atoms in total. The summed E-state index contributed by atoms with van der Waals surface area (Å²) in [5.74, 6) is 0.709. The van der Waals surface area contributed by atoms with Gasteiger partial charge in [-0.2, -0.15) is 0 Å². The number of benzene rings is 1. The van der Waals surface area contributed by atoms with Gasteiger partial charge in [0, 0.05) is 30.8 Å². The third kappa shape index (κ3) is 4.31. The van der Waals surface area contributed by atoms with Gasteiger partial charge in [-0.25, -0.2) is 0 Å². The zero-order valence-corrected chi connectivity index (χ0v) is 12.9. The van der Waals surface area contributed by atoms with Gasteiger partial charge in [-0.15, -0.1) is 0 Å². The Labute approximate surface area is 126 Å². The van der Waals surface area contributed by atoms with E-state index < -0.39 is 0 Å². The smallest absolute Gasteiger partial charge is 0.251 e. The van der Waals surface area contributed by atoms with Crippen LogP contribution < -0.4 is 10.2 Å². The molecule has 1 aromatic carbocycles. The van der Waals surface area contributed by atoms with Crippen LogP contribution in [0.3, 0.4) is 0 Å². The number of carbonyl (C=O) groups excluding carboxylic acids is 2. The molecule has 114 valence electrons. The quantitative estimate of drug-likeness (QED) is 0.905. The highest BCUT2D eigenvalue weighted by molar-refractivity contribution is 5.96. The number of rotatable bonds is 5. The average Bonchev–Trinajstić information content (AvgIpc) is 2.47. The number of anilines is 1. The van der Waals surface area contributed by atoms with Crippen molar-refractivity contribution >= 4 is 17.5 Å². The van der Waals surface area contributed by atoms with Crippen molar-refractivity contribution in [2.75, 3.05) is 18.0 Å². The number of amides is 2. The molecule has 1 fully saturated rings. The first-order chi connectivity index (χ1) is 10.1. The van der Waals surface area contributed by atoms with E-state index in [2.05, 4.69) is 19.2 Å². The van der Waals surface area contributed by atoms with Crippen LogP contribution in [-0.2, 0) is 4.79 Å². The van der Waals surface area contributed by atoms with Gasteiger partial charge in [0.25, 0.3) is 5.91 Å². The molecule has 0 radical (unpaired) electrons. The third-order valence-corrected chi connectivity index (χ3v) is 3.77. The Balaban J connectivity index is 1.95. The van der Waals surface area contributed by atoms with Crippen molar-refractivity contribution in [2.45, 2.75) is 39.5 Å². The van der Waals surface area contributed by atoms with Gasteiger partial charge in [0.1, 0.15) is 0 Å². The Bertz CT molecular complexity index is 494. The van der Waals surface area contributed by atoms with Gasteiger partial charge in [0.2, 0.25) is 5.91 Å². The maximum absolute atomic E-state index is 12.0. The lowest BCUT2D eigenvalue weighted by Crippen LogP contribution is -2.35. The van der Waals surface area contributed by atoms with Crippen molar-refractivity contribution in [3.63, 3.8) is 0 Å². The summed E-state index contributed by atoms with van der Waals surface area (Å²) in [6.45, 7) is 5.74. The lowest BCUT2D eigenvalue weighted by atomic mass is 10.1. The maximum atomic E-state index is 12.0. The van der Waals surface area contributed by atoms with E-state index in [4.69, 9.17) is 0 Å². The first-order valence-corrected chi connectivity index (χ1v) is 7.76. The van der Waals surface area contributed by atoms with Gasteiger partial charge in [0.05, 0.1) is 0 Å². The van der Waals surface area contributed by atoms with Crippen LogP contribution >= 0.6 is 0 Å². The molecule has 2 amide bonds. The molecule has 0 unspecified atom stereocenters. The van der Waals surface area contributed by atoms with Crippen molar-refractivity contribution in [1.29, 1.82) is 0 Å². The molecule has 1 heterocycles. The average molecular weight is 288 g/mol. The maximum Gasteiger partial charge on any atom is 0.251 e. The molecule has 0 spiro atoms. The van der Waals surface area contributed by atoms with E-state index in [0.717, 1.165) is 31.5 Å². The minimum Gasteiger partial charge on any atom is -0.352 e. The summed E-state index contributed by atoms with van der Waals surface area (Å²) >= 11 is 0. The number of hydrogen-bond acceptors (Lipinski definition) is 2. The summed E-state index contributed by atoms with van der Waals surface area (Å²) in [4.78, 5) is 25.7. The third-order valence-electron chi connectivity index (χ3n) is 3.77. The first-order valence-electron chi connectivity index (χ1n) is 7.76. The van der Waals surface area contributed by atoms with Crippen LogP contribution in [0.25, 0.3) is 0 Å². The summed E-state index contributed by atoms with van der Waals surface area (Å²) in [5.41, 5.74) is 1.53. The monoisotopic (exact) mass is 288 g/mol. The normalized spacial score (nSPS) is 15.4. The van der Waals surface area contributed by atoms with Crippen molar-refractivity contribution < 1.29 is 9.59 Å². The number of nitrogens with one attached hydrogen (secondary N) is 1. The van der Waals surface area contributed by atoms with E-state index >= 15 is 0 Å². The Hall–Kier alpha value is -1.84. The van der Waals surface area contributed by atoms with Crippen LogP contribution in [0.4, 0.5) is 5.69 Å². The number of nitrogens with zero attached hydrogens (tertiary/aromatic N) is 1. The largest absolute Gasteiger partial charge is 0.352 e. The van der Waals surface area contributed by atoms with E-state index in [-0.39, 0.29) is 11.8 Å². The molecular weight excluding hydrogens is 264 g/mol. The van der Waals surface area contributed by atoms with Gasteiger partial charge >= 0.3 is 0 Å². The van der Waals surface area contributed by atoms with Crippen molar-refractivity contribution in [3.8, 4) is 0 Å². The second-order valence-electron chi connectivity index (χ2n) is 5.99. The Kier molecular flexibility index (Phi) is 5.37. The van der Waals surface area contributed by atoms with Crippen LogP contribution in [0.1, 0.15) is 49.9 Å². The highest BCUT2D eigenvalue weighted by atomic mass is 16.2. The summed E-state index contributed by atoms with van der Waals surface area (Å²) in [7, 11) is 0. The molecule has 0 saturated carbocycles. The van der Waals surface area contributed by atoms with E-state index in [9.17, 15) is 9.59 Å². The topological polar surface area (TPSA) is 49.4 Å². The van der Waals surface area contributed by atoms with Crippen LogP contribution in [0, 0.1) is 5.92 Å². The van der Waals surface area contributed by atoms with Crippen LogP contribution in [0.2, 0.25) is 0 Å². The SMILES string of the molecule is CC(C)CCNC(=O)c1ccc(N2CCCCC2=O)cc1. The fraction of sp³-hybridized carbons (Fsp3) is 0.529. The van der Waals surface area contributed by atoms with Gasteiger partial charge < -0.3 is 10.2 Å². The molecule has 21 heavy (non-hydrogen) atoms. The summed E-state index contributed by atoms with van der Waals surface area (Å²) in [6, 6.07) is 7.31. The summed E-state index contributed by atoms with van der Waals surface area (Å²) < 4.78 is 0. The number of carbonyl (C=O) groups is 2. The lowest BCUT2D eigenvalue weighted by Gasteiger charge is -2.26. The fourth-order valence-corrected chi connectivity index (χ4v) is 2.45. The molecule has 2 rings (SSSR count). The molecule has 1 N–H and O–H groups in total. The second-order valence-corrected chi connectivity index (χ2v) is 5.99. The van der Waals surface area contributed by atoms with Crippen LogP contribution in [-0.4, -0.2) is 24.9 Å². The predicted octanol–water partition coefficient (Wildman–Crippen LogP) is 2.98. The summed E-state index contributed by atoms with van der Waals surface area (Å²) in [6.07, 6.45) is 3.62. The molecule has 0 bridgehead atoms. The second kappa shape index (κ2) is 7.25. The molecular formula is C17H24N2O2. The van der Waals surface area contributed by atoms with Crippen LogP contribution in [0.15, 0.2) is 24.3 Å². The predicted molar refractivity (Wildman–Crippen MR) is 84.4 cm³/mol. The minimum atomic E-state index is -0.0489. The number of hydrogen-bond donors (Lipinski definition) is 1. The fourth-order valence-electron chi connectivity index (χ4n) is 2.45. The van der Waals surface area contributed by atoms with Gasteiger partial charge in [-0.1, -0.05) is 13.8 Å². The van der Waals surface area contributed by atoms with E-state index in [1.165, 1.54) is 0 Å². The zero-order chi connectivity index (χ0) is 15.2. The van der Waals surface area contributed by atoms with E-state index in [0.29, 0.717) is 24.4 Å². The summed E-state index contributed by atoms with van der Waals surface area (Å²) in [5, 5.41) is 2.92. The zero-order valence-electron chi connectivity index (χ0n) is 12.9. The highest BCUT2D eigenvalue weighted by Crippen LogP contribution is 2.21. The van der Waals surface area contributed by atoms with Crippen LogP contribution in [0.5, 0.6) is 0 Å². The first kappa shape index (κ1) is 15.5. The van der Waals surface area contributed by atoms with Gasteiger partial charge in [0.15, 0.2) is 0 Å². The Morgan fingerprint density at radius 1 is 1.24 bits per heavy atom. The van der Waals surface area contributed by atoms with E-state index in [1.54, 1.807) is 12.1 Å². The molecule has 1 aliphatic heterocycles.